The third-order valence-corrected chi connectivity index (χ3v) is 3.80. The molecule has 0 spiro atoms. The molecule has 1 atom stereocenters. The minimum atomic E-state index is 0. The van der Waals surface area contributed by atoms with Gasteiger partial charge < -0.3 is 24.0 Å². The number of para-hydroxylation sites is 1. The van der Waals surface area contributed by atoms with Crippen LogP contribution in [-0.2, 0) is 5.41 Å². The van der Waals surface area contributed by atoms with Gasteiger partial charge in [0.05, 0.1) is 5.41 Å². The lowest BCUT2D eigenvalue weighted by Crippen LogP contribution is -3.00. The monoisotopic (exact) mass is 325 g/mol. The van der Waals surface area contributed by atoms with Crippen LogP contribution in [0.4, 0.5) is 5.69 Å². The zero-order chi connectivity index (χ0) is 10.5. The van der Waals surface area contributed by atoms with Crippen molar-refractivity contribution < 1.29 is 29.0 Å². The topological polar surface area (TPSA) is 14.0 Å². The summed E-state index contributed by atoms with van der Waals surface area (Å²) in [6.07, 6.45) is 4.77. The Morgan fingerprint density at radius 1 is 1.25 bits per heavy atom. The summed E-state index contributed by atoms with van der Waals surface area (Å²) in [6.45, 7) is 4.57. The van der Waals surface area contributed by atoms with Gasteiger partial charge >= 0.3 is 0 Å². The van der Waals surface area contributed by atoms with Gasteiger partial charge in [0.2, 0.25) is 5.69 Å². The summed E-state index contributed by atoms with van der Waals surface area (Å²) in [6, 6.07) is 8.67. The standard InChI is InChI=1S/C14H15N.HI/c1-10-7-8-14(2)11-5-3-4-6-12(11)15-13(14)9-10;/h3-6,9H,7-8H2,1-2H3;1H. The molecule has 0 radical (unpaired) electrons. The van der Waals surface area contributed by atoms with E-state index in [1.165, 1.54) is 35.4 Å². The SMILES string of the molecule is CC1=CC2=[NH+]c3ccccc3C2(C)CC1.[I-]. The molecule has 1 N–H and O–H groups in total. The van der Waals surface area contributed by atoms with Crippen LogP contribution in [0.15, 0.2) is 35.9 Å². The largest absolute Gasteiger partial charge is 1.00 e. The van der Waals surface area contributed by atoms with Crippen molar-refractivity contribution in [3.8, 4) is 0 Å². The highest BCUT2D eigenvalue weighted by molar-refractivity contribution is 6.03. The van der Waals surface area contributed by atoms with Crippen molar-refractivity contribution in [2.24, 2.45) is 0 Å². The van der Waals surface area contributed by atoms with Gasteiger partial charge in [-0.05, 0) is 26.7 Å². The van der Waals surface area contributed by atoms with Gasteiger partial charge in [-0.3, -0.25) is 0 Å². The lowest BCUT2D eigenvalue weighted by molar-refractivity contribution is -0.350. The molecular formula is C14H16IN. The Hall–Kier alpha value is -0.640. The molecule has 0 amide bonds. The molecule has 0 bridgehead atoms. The number of hydrogen-bond acceptors (Lipinski definition) is 0. The Labute approximate surface area is 114 Å². The number of benzene rings is 1. The van der Waals surface area contributed by atoms with Gasteiger partial charge in [0.1, 0.15) is 0 Å². The van der Waals surface area contributed by atoms with E-state index in [1.54, 1.807) is 0 Å². The molecular weight excluding hydrogens is 309 g/mol. The summed E-state index contributed by atoms with van der Waals surface area (Å²) in [5.41, 5.74) is 5.86. The molecule has 2 heteroatoms. The summed E-state index contributed by atoms with van der Waals surface area (Å²) in [7, 11) is 0. The Bertz CT molecular complexity index is 487. The number of halogens is 1. The van der Waals surface area contributed by atoms with Crippen molar-refractivity contribution in [1.82, 2.24) is 0 Å². The van der Waals surface area contributed by atoms with Crippen LogP contribution in [0.5, 0.6) is 0 Å². The van der Waals surface area contributed by atoms with Crippen molar-refractivity contribution in [3.05, 3.63) is 41.5 Å². The molecule has 0 saturated heterocycles. The van der Waals surface area contributed by atoms with E-state index in [4.69, 9.17) is 0 Å². The first-order valence-corrected chi connectivity index (χ1v) is 5.61. The van der Waals surface area contributed by atoms with Crippen LogP contribution in [0.3, 0.4) is 0 Å². The maximum absolute atomic E-state index is 3.55. The van der Waals surface area contributed by atoms with Crippen LogP contribution in [-0.4, -0.2) is 5.71 Å². The molecule has 1 unspecified atom stereocenters. The van der Waals surface area contributed by atoms with E-state index in [1.807, 2.05) is 0 Å². The highest BCUT2D eigenvalue weighted by Gasteiger charge is 2.45. The third-order valence-electron chi connectivity index (χ3n) is 3.80. The molecule has 84 valence electrons. The zero-order valence-corrected chi connectivity index (χ0v) is 11.8. The van der Waals surface area contributed by atoms with Gasteiger partial charge in [-0.1, -0.05) is 23.8 Å². The summed E-state index contributed by atoms with van der Waals surface area (Å²) in [5.74, 6) is 0. The zero-order valence-electron chi connectivity index (χ0n) is 9.68. The first kappa shape index (κ1) is 11.8. The molecule has 16 heavy (non-hydrogen) atoms. The van der Waals surface area contributed by atoms with Crippen LogP contribution >= 0.6 is 0 Å². The molecule has 1 nitrogen and oxygen atoms in total. The van der Waals surface area contributed by atoms with Crippen LogP contribution < -0.4 is 29.0 Å². The van der Waals surface area contributed by atoms with E-state index in [2.05, 4.69) is 49.2 Å². The minimum Gasteiger partial charge on any atom is -1.00 e. The van der Waals surface area contributed by atoms with Gasteiger partial charge in [0.15, 0.2) is 5.71 Å². The minimum absolute atomic E-state index is 0. The molecule has 1 aliphatic carbocycles. The number of rotatable bonds is 0. The quantitative estimate of drug-likeness (QED) is 0.580. The second-order valence-corrected chi connectivity index (χ2v) is 4.91. The van der Waals surface area contributed by atoms with Gasteiger partial charge in [0, 0.05) is 17.7 Å². The summed E-state index contributed by atoms with van der Waals surface area (Å²) in [5, 5.41) is 0. The molecule has 0 aromatic heterocycles. The first-order chi connectivity index (χ1) is 7.20. The molecule has 1 aliphatic heterocycles. The van der Waals surface area contributed by atoms with E-state index in [9.17, 15) is 0 Å². The number of allylic oxidation sites excluding steroid dienone is 2. The van der Waals surface area contributed by atoms with E-state index >= 15 is 0 Å². The van der Waals surface area contributed by atoms with Gasteiger partial charge in [-0.25, -0.2) is 4.99 Å². The highest BCUT2D eigenvalue weighted by atomic mass is 127. The average molecular weight is 325 g/mol. The van der Waals surface area contributed by atoms with Gasteiger partial charge in [-0.2, -0.15) is 0 Å². The third kappa shape index (κ3) is 1.54. The second-order valence-electron chi connectivity index (χ2n) is 4.91. The maximum Gasteiger partial charge on any atom is 0.208 e. The smallest absolute Gasteiger partial charge is 0.208 e. The van der Waals surface area contributed by atoms with Crippen LogP contribution in [0.1, 0.15) is 32.3 Å². The molecule has 0 fully saturated rings. The van der Waals surface area contributed by atoms with Crippen molar-refractivity contribution >= 4 is 11.4 Å². The molecule has 0 saturated carbocycles. The van der Waals surface area contributed by atoms with Crippen molar-refractivity contribution in [3.63, 3.8) is 0 Å². The summed E-state index contributed by atoms with van der Waals surface area (Å²) in [4.78, 5) is 3.55. The predicted octanol–water partition coefficient (Wildman–Crippen LogP) is -1.14. The maximum atomic E-state index is 3.55. The van der Waals surface area contributed by atoms with Crippen molar-refractivity contribution in [2.45, 2.75) is 32.1 Å². The van der Waals surface area contributed by atoms with E-state index in [0.717, 1.165) is 0 Å². The Morgan fingerprint density at radius 3 is 2.81 bits per heavy atom. The predicted molar refractivity (Wildman–Crippen MR) is 62.4 cm³/mol. The fraction of sp³-hybridized carbons (Fsp3) is 0.357. The van der Waals surface area contributed by atoms with E-state index in [-0.39, 0.29) is 29.4 Å². The normalized spacial score (nSPS) is 26.1. The van der Waals surface area contributed by atoms with E-state index in [0.29, 0.717) is 0 Å². The van der Waals surface area contributed by atoms with Crippen molar-refractivity contribution in [1.29, 1.82) is 0 Å². The highest BCUT2D eigenvalue weighted by Crippen LogP contribution is 2.39. The molecule has 1 aromatic carbocycles. The van der Waals surface area contributed by atoms with Crippen LogP contribution in [0.25, 0.3) is 0 Å². The first-order valence-electron chi connectivity index (χ1n) is 5.61. The number of nitrogens with one attached hydrogen (secondary N) is 1. The Balaban J connectivity index is 0.000000963. The lowest BCUT2D eigenvalue weighted by Gasteiger charge is -2.26. The van der Waals surface area contributed by atoms with Crippen LogP contribution in [0.2, 0.25) is 0 Å². The second kappa shape index (κ2) is 3.99. The van der Waals surface area contributed by atoms with Crippen LogP contribution in [0, 0.1) is 0 Å². The molecule has 1 aromatic rings. The molecule has 1 heterocycles. The Morgan fingerprint density at radius 2 is 2.00 bits per heavy atom. The van der Waals surface area contributed by atoms with Crippen molar-refractivity contribution in [2.75, 3.05) is 0 Å². The van der Waals surface area contributed by atoms with Gasteiger partial charge in [0.25, 0.3) is 0 Å². The fourth-order valence-electron chi connectivity index (χ4n) is 2.73. The van der Waals surface area contributed by atoms with Gasteiger partial charge in [-0.15, -0.1) is 0 Å². The summed E-state index contributed by atoms with van der Waals surface area (Å²) < 4.78 is 0. The van der Waals surface area contributed by atoms with E-state index < -0.39 is 0 Å². The number of fused-ring (bicyclic) bond motifs is 3. The lowest BCUT2D eigenvalue weighted by atomic mass is 9.72. The average Bonchev–Trinajstić information content (AvgIpc) is 2.52. The molecule has 2 aliphatic rings. The molecule has 3 rings (SSSR count). The summed E-state index contributed by atoms with van der Waals surface area (Å²) >= 11 is 0. The number of hydrogen-bond donors (Lipinski definition) is 1. The Kier molecular flexibility index (Phi) is 2.95. The fourth-order valence-corrected chi connectivity index (χ4v) is 2.73.